The second-order valence-corrected chi connectivity index (χ2v) is 3.93. The van der Waals surface area contributed by atoms with Crippen LogP contribution >= 0.6 is 0 Å². The lowest BCUT2D eigenvalue weighted by Crippen LogP contribution is -2.38. The maximum absolute atomic E-state index is 5.63. The Hall–Kier alpha value is -1.20. The number of anilines is 1. The van der Waals surface area contributed by atoms with Crippen LogP contribution in [0.1, 0.15) is 12.8 Å². The Labute approximate surface area is 95.6 Å². The van der Waals surface area contributed by atoms with E-state index in [0.717, 1.165) is 31.7 Å². The summed E-state index contributed by atoms with van der Waals surface area (Å²) >= 11 is 0. The molecule has 1 fully saturated rings. The lowest BCUT2D eigenvalue weighted by molar-refractivity contribution is 0.0421. The highest BCUT2D eigenvalue weighted by Gasteiger charge is 2.20. The van der Waals surface area contributed by atoms with Crippen LogP contribution in [0.25, 0.3) is 0 Å². The molecule has 5 nitrogen and oxygen atoms in total. The van der Waals surface area contributed by atoms with Gasteiger partial charge in [0.1, 0.15) is 0 Å². The number of hydrogen-bond acceptors (Lipinski definition) is 5. The molecule has 2 heterocycles. The number of nitrogens with zero attached hydrogens (tertiary/aromatic N) is 3. The summed E-state index contributed by atoms with van der Waals surface area (Å²) < 4.78 is 5.63. The lowest BCUT2D eigenvalue weighted by Gasteiger charge is -2.32. The van der Waals surface area contributed by atoms with Gasteiger partial charge in [0.2, 0.25) is 0 Å². The SMILES string of the molecule is NCCOC1CCN(c2cccnn2)CC1. The number of aromatic nitrogens is 2. The van der Waals surface area contributed by atoms with Crippen molar-refractivity contribution in [2.75, 3.05) is 31.1 Å². The maximum Gasteiger partial charge on any atom is 0.151 e. The third-order valence-electron chi connectivity index (χ3n) is 2.80. The summed E-state index contributed by atoms with van der Waals surface area (Å²) in [5.41, 5.74) is 5.41. The summed E-state index contributed by atoms with van der Waals surface area (Å²) in [5, 5.41) is 7.99. The molecule has 0 bridgehead atoms. The van der Waals surface area contributed by atoms with Crippen LogP contribution in [-0.4, -0.2) is 42.5 Å². The van der Waals surface area contributed by atoms with Gasteiger partial charge < -0.3 is 15.4 Å². The van der Waals surface area contributed by atoms with Crippen molar-refractivity contribution in [1.29, 1.82) is 0 Å². The molecule has 0 saturated carbocycles. The monoisotopic (exact) mass is 222 g/mol. The van der Waals surface area contributed by atoms with E-state index < -0.39 is 0 Å². The molecule has 2 N–H and O–H groups in total. The Balaban J connectivity index is 1.81. The molecule has 2 rings (SSSR count). The van der Waals surface area contributed by atoms with Crippen LogP contribution in [-0.2, 0) is 4.74 Å². The highest BCUT2D eigenvalue weighted by Crippen LogP contribution is 2.18. The maximum atomic E-state index is 5.63. The summed E-state index contributed by atoms with van der Waals surface area (Å²) in [6.45, 7) is 3.22. The normalized spacial score (nSPS) is 17.7. The van der Waals surface area contributed by atoms with Gasteiger partial charge >= 0.3 is 0 Å². The topological polar surface area (TPSA) is 64.3 Å². The van der Waals surface area contributed by atoms with Crippen molar-refractivity contribution in [1.82, 2.24) is 10.2 Å². The van der Waals surface area contributed by atoms with E-state index in [0.29, 0.717) is 19.3 Å². The first-order chi connectivity index (χ1) is 7.90. The first-order valence-electron chi connectivity index (χ1n) is 5.74. The first-order valence-corrected chi connectivity index (χ1v) is 5.74. The minimum atomic E-state index is 0.358. The second kappa shape index (κ2) is 5.77. The zero-order valence-electron chi connectivity index (χ0n) is 9.38. The Morgan fingerprint density at radius 2 is 2.25 bits per heavy atom. The number of ether oxygens (including phenoxy) is 1. The van der Waals surface area contributed by atoms with Crippen LogP contribution in [0.2, 0.25) is 0 Å². The Morgan fingerprint density at radius 1 is 1.44 bits per heavy atom. The van der Waals surface area contributed by atoms with Gasteiger partial charge in [0.25, 0.3) is 0 Å². The highest BCUT2D eigenvalue weighted by atomic mass is 16.5. The summed E-state index contributed by atoms with van der Waals surface area (Å²) in [6, 6.07) is 3.91. The molecule has 1 saturated heterocycles. The molecule has 0 amide bonds. The lowest BCUT2D eigenvalue weighted by atomic mass is 10.1. The smallest absolute Gasteiger partial charge is 0.151 e. The van der Waals surface area contributed by atoms with Crippen molar-refractivity contribution in [2.24, 2.45) is 5.73 Å². The van der Waals surface area contributed by atoms with Crippen molar-refractivity contribution >= 4 is 5.82 Å². The molecule has 5 heteroatoms. The molecular formula is C11H18N4O. The predicted molar refractivity (Wildman–Crippen MR) is 62.3 cm³/mol. The van der Waals surface area contributed by atoms with Crippen LogP contribution < -0.4 is 10.6 Å². The molecule has 88 valence electrons. The highest BCUT2D eigenvalue weighted by molar-refractivity contribution is 5.36. The van der Waals surface area contributed by atoms with Crippen LogP contribution in [0.5, 0.6) is 0 Å². The standard InChI is InChI=1S/C11H18N4O/c12-5-9-16-10-3-7-15(8-4-10)11-2-1-6-13-14-11/h1-2,6,10H,3-5,7-9,12H2. The average molecular weight is 222 g/mol. The molecule has 0 aliphatic carbocycles. The van der Waals surface area contributed by atoms with E-state index in [1.165, 1.54) is 0 Å². The largest absolute Gasteiger partial charge is 0.377 e. The Kier molecular flexibility index (Phi) is 4.07. The third kappa shape index (κ3) is 2.90. The van der Waals surface area contributed by atoms with Gasteiger partial charge in [-0.25, -0.2) is 0 Å². The molecule has 1 aliphatic heterocycles. The Bertz CT molecular complexity index is 298. The Morgan fingerprint density at radius 3 is 2.88 bits per heavy atom. The van der Waals surface area contributed by atoms with Crippen molar-refractivity contribution in [3.8, 4) is 0 Å². The van der Waals surface area contributed by atoms with Crippen LogP contribution in [0.3, 0.4) is 0 Å². The van der Waals surface area contributed by atoms with E-state index in [4.69, 9.17) is 10.5 Å². The van der Waals surface area contributed by atoms with E-state index in [1.54, 1.807) is 6.20 Å². The minimum absolute atomic E-state index is 0.358. The van der Waals surface area contributed by atoms with Crippen molar-refractivity contribution in [3.63, 3.8) is 0 Å². The van der Waals surface area contributed by atoms with Crippen molar-refractivity contribution in [3.05, 3.63) is 18.3 Å². The van der Waals surface area contributed by atoms with E-state index in [9.17, 15) is 0 Å². The van der Waals surface area contributed by atoms with Gasteiger partial charge in [-0.1, -0.05) is 0 Å². The van der Waals surface area contributed by atoms with Crippen molar-refractivity contribution < 1.29 is 4.74 Å². The fourth-order valence-corrected chi connectivity index (χ4v) is 1.95. The fourth-order valence-electron chi connectivity index (χ4n) is 1.95. The van der Waals surface area contributed by atoms with Gasteiger partial charge in [-0.2, -0.15) is 5.10 Å². The molecule has 16 heavy (non-hydrogen) atoms. The predicted octanol–water partition coefficient (Wildman–Crippen LogP) is 0.421. The van der Waals surface area contributed by atoms with Crippen LogP contribution in [0.15, 0.2) is 18.3 Å². The van der Waals surface area contributed by atoms with Crippen LogP contribution in [0.4, 0.5) is 5.82 Å². The van der Waals surface area contributed by atoms with Gasteiger partial charge in [-0.05, 0) is 25.0 Å². The quantitative estimate of drug-likeness (QED) is 0.800. The zero-order valence-corrected chi connectivity index (χ0v) is 9.38. The number of piperidine rings is 1. The average Bonchev–Trinajstić information content (AvgIpc) is 2.38. The van der Waals surface area contributed by atoms with E-state index in [-0.39, 0.29) is 0 Å². The van der Waals surface area contributed by atoms with Gasteiger partial charge in [0, 0.05) is 25.8 Å². The molecule has 1 aliphatic rings. The summed E-state index contributed by atoms with van der Waals surface area (Å²) in [6.07, 6.45) is 4.13. The third-order valence-corrected chi connectivity index (χ3v) is 2.80. The van der Waals surface area contributed by atoms with E-state index in [1.807, 2.05) is 12.1 Å². The van der Waals surface area contributed by atoms with Crippen LogP contribution in [0, 0.1) is 0 Å². The number of hydrogen-bond donors (Lipinski definition) is 1. The second-order valence-electron chi connectivity index (χ2n) is 3.93. The van der Waals surface area contributed by atoms with Gasteiger partial charge in [-0.15, -0.1) is 5.10 Å². The summed E-state index contributed by atoms with van der Waals surface area (Å²) in [5.74, 6) is 0.958. The molecule has 1 aromatic rings. The molecule has 0 unspecified atom stereocenters. The zero-order chi connectivity index (χ0) is 11.2. The van der Waals surface area contributed by atoms with Gasteiger partial charge in [-0.3, -0.25) is 0 Å². The molecule has 0 aromatic carbocycles. The number of nitrogens with two attached hydrogens (primary N) is 1. The molecule has 0 atom stereocenters. The molecular weight excluding hydrogens is 204 g/mol. The number of rotatable bonds is 4. The van der Waals surface area contributed by atoms with Gasteiger partial charge in [0.15, 0.2) is 5.82 Å². The van der Waals surface area contributed by atoms with Crippen molar-refractivity contribution in [2.45, 2.75) is 18.9 Å². The molecule has 1 aromatic heterocycles. The van der Waals surface area contributed by atoms with Gasteiger partial charge in [0.05, 0.1) is 12.7 Å². The van der Waals surface area contributed by atoms with E-state index in [2.05, 4.69) is 15.1 Å². The fraction of sp³-hybridized carbons (Fsp3) is 0.636. The first kappa shape index (κ1) is 11.3. The molecule has 0 spiro atoms. The van der Waals surface area contributed by atoms with E-state index >= 15 is 0 Å². The minimum Gasteiger partial charge on any atom is -0.377 e. The summed E-state index contributed by atoms with van der Waals surface area (Å²) in [7, 11) is 0. The summed E-state index contributed by atoms with van der Waals surface area (Å²) in [4.78, 5) is 2.25. The molecule has 0 radical (unpaired) electrons.